The number of nitrogens with zero attached hydrogens (tertiary/aromatic N) is 3. The number of rotatable bonds is 1. The van der Waals surface area contributed by atoms with Crippen molar-refractivity contribution >= 4 is 23.2 Å². The molecule has 0 amide bonds. The Labute approximate surface area is 115 Å². The molecule has 0 aliphatic carbocycles. The molecular weight excluding hydrogens is 306 g/mol. The molecule has 2 heterocycles. The van der Waals surface area contributed by atoms with Crippen LogP contribution in [0.1, 0.15) is 5.69 Å². The highest BCUT2D eigenvalue weighted by Crippen LogP contribution is 2.38. The van der Waals surface area contributed by atoms with Gasteiger partial charge in [-0.1, -0.05) is 23.2 Å². The second-order valence-electron chi connectivity index (χ2n) is 3.69. The number of pyridine rings is 1. The lowest BCUT2D eigenvalue weighted by molar-refractivity contribution is -0.593. The highest BCUT2D eigenvalue weighted by atomic mass is 35.5. The molecule has 0 saturated heterocycles. The maximum absolute atomic E-state index is 12.7. The van der Waals surface area contributed by atoms with Gasteiger partial charge in [0.1, 0.15) is 10.0 Å². The van der Waals surface area contributed by atoms with Gasteiger partial charge in [0.05, 0.1) is 0 Å². The molecular formula is C10H6Cl2F3N3O. The summed E-state index contributed by atoms with van der Waals surface area (Å²) >= 11 is 11.3. The van der Waals surface area contributed by atoms with Gasteiger partial charge in [-0.05, 0) is 6.07 Å². The van der Waals surface area contributed by atoms with Gasteiger partial charge in [0.25, 0.3) is 0 Å². The van der Waals surface area contributed by atoms with E-state index in [4.69, 9.17) is 23.2 Å². The SMILES string of the molecule is Cn1nc(C(F)(F)F)c(Cl)c1-c1ccc(Cl)c[n+]1[O-]. The number of aryl methyl sites for hydroxylation is 1. The van der Waals surface area contributed by atoms with Crippen LogP contribution in [0, 0.1) is 5.21 Å². The Morgan fingerprint density at radius 1 is 1.32 bits per heavy atom. The van der Waals surface area contributed by atoms with Crippen LogP contribution >= 0.6 is 23.2 Å². The Hall–Kier alpha value is -1.47. The Bertz CT molecular complexity index is 640. The van der Waals surface area contributed by atoms with Crippen LogP contribution < -0.4 is 4.73 Å². The van der Waals surface area contributed by atoms with Gasteiger partial charge in [-0.15, -0.1) is 0 Å². The predicted octanol–water partition coefficient (Wildman–Crippen LogP) is 3.05. The van der Waals surface area contributed by atoms with Crippen LogP contribution in [0.2, 0.25) is 10.0 Å². The van der Waals surface area contributed by atoms with Gasteiger partial charge in [0.2, 0.25) is 5.69 Å². The van der Waals surface area contributed by atoms with E-state index in [2.05, 4.69) is 5.10 Å². The first-order valence-electron chi connectivity index (χ1n) is 4.90. The van der Waals surface area contributed by atoms with Crippen molar-refractivity contribution < 1.29 is 17.9 Å². The Balaban J connectivity index is 2.67. The van der Waals surface area contributed by atoms with Gasteiger partial charge >= 0.3 is 6.18 Å². The van der Waals surface area contributed by atoms with E-state index in [9.17, 15) is 18.4 Å². The third-order valence-corrected chi connectivity index (χ3v) is 2.96. The minimum atomic E-state index is -4.69. The van der Waals surface area contributed by atoms with E-state index in [-0.39, 0.29) is 16.4 Å². The first kappa shape index (κ1) is 14.0. The molecule has 0 saturated carbocycles. The summed E-state index contributed by atoms with van der Waals surface area (Å²) in [5.41, 5.74) is -1.43. The zero-order valence-corrected chi connectivity index (χ0v) is 10.9. The van der Waals surface area contributed by atoms with Crippen molar-refractivity contribution in [3.05, 3.63) is 39.3 Å². The average molecular weight is 312 g/mol. The molecule has 0 aromatic carbocycles. The molecule has 0 radical (unpaired) electrons. The van der Waals surface area contributed by atoms with E-state index in [1.165, 1.54) is 19.2 Å². The van der Waals surface area contributed by atoms with E-state index >= 15 is 0 Å². The van der Waals surface area contributed by atoms with Crippen molar-refractivity contribution in [2.24, 2.45) is 7.05 Å². The number of aromatic nitrogens is 3. The van der Waals surface area contributed by atoms with Crippen LogP contribution in [-0.2, 0) is 13.2 Å². The minimum Gasteiger partial charge on any atom is -0.618 e. The number of hydrogen-bond donors (Lipinski definition) is 0. The summed E-state index contributed by atoms with van der Waals surface area (Å²) in [6, 6.07) is 2.65. The Morgan fingerprint density at radius 3 is 2.42 bits per heavy atom. The zero-order chi connectivity index (χ0) is 14.4. The highest BCUT2D eigenvalue weighted by molar-refractivity contribution is 6.33. The van der Waals surface area contributed by atoms with Gasteiger partial charge in [-0.25, -0.2) is 0 Å². The summed E-state index contributed by atoms with van der Waals surface area (Å²) in [5, 5.41) is 14.5. The van der Waals surface area contributed by atoms with E-state index in [0.29, 0.717) is 4.73 Å². The van der Waals surface area contributed by atoms with Gasteiger partial charge in [-0.2, -0.15) is 23.0 Å². The van der Waals surface area contributed by atoms with E-state index in [0.717, 1.165) is 10.9 Å². The van der Waals surface area contributed by atoms with Gasteiger partial charge in [0.15, 0.2) is 17.6 Å². The van der Waals surface area contributed by atoms with Crippen LogP contribution in [0.5, 0.6) is 0 Å². The van der Waals surface area contributed by atoms with Crippen molar-refractivity contribution in [1.82, 2.24) is 9.78 Å². The summed E-state index contributed by atoms with van der Waals surface area (Å²) in [5.74, 6) is 0. The number of hydrogen-bond acceptors (Lipinski definition) is 2. The summed E-state index contributed by atoms with van der Waals surface area (Å²) in [6.07, 6.45) is -3.67. The van der Waals surface area contributed by atoms with Crippen LogP contribution in [0.15, 0.2) is 18.3 Å². The molecule has 0 fully saturated rings. The van der Waals surface area contributed by atoms with Crippen LogP contribution in [0.25, 0.3) is 11.4 Å². The van der Waals surface area contributed by atoms with Crippen LogP contribution in [0.4, 0.5) is 13.2 Å². The van der Waals surface area contributed by atoms with E-state index in [1.807, 2.05) is 0 Å². The molecule has 0 unspecified atom stereocenters. The van der Waals surface area contributed by atoms with Crippen LogP contribution in [-0.4, -0.2) is 9.78 Å². The van der Waals surface area contributed by atoms with Crippen molar-refractivity contribution in [3.8, 4) is 11.4 Å². The lowest BCUT2D eigenvalue weighted by Crippen LogP contribution is -2.29. The number of alkyl halides is 3. The highest BCUT2D eigenvalue weighted by Gasteiger charge is 2.39. The second-order valence-corrected chi connectivity index (χ2v) is 4.51. The lowest BCUT2D eigenvalue weighted by Gasteiger charge is -2.05. The fraction of sp³-hybridized carbons (Fsp3) is 0.200. The fourth-order valence-electron chi connectivity index (χ4n) is 1.60. The van der Waals surface area contributed by atoms with Crippen LogP contribution in [0.3, 0.4) is 0 Å². The molecule has 0 spiro atoms. The molecule has 102 valence electrons. The largest absolute Gasteiger partial charge is 0.618 e. The van der Waals surface area contributed by atoms with E-state index in [1.54, 1.807) is 0 Å². The normalized spacial score (nSPS) is 11.9. The first-order valence-corrected chi connectivity index (χ1v) is 5.66. The molecule has 9 heteroatoms. The molecule has 0 aliphatic heterocycles. The molecule has 4 nitrogen and oxygen atoms in total. The molecule has 19 heavy (non-hydrogen) atoms. The monoisotopic (exact) mass is 311 g/mol. The minimum absolute atomic E-state index is 0.0695. The fourth-order valence-corrected chi connectivity index (χ4v) is 2.11. The zero-order valence-electron chi connectivity index (χ0n) is 9.37. The third kappa shape index (κ3) is 2.48. The average Bonchev–Trinajstić information content (AvgIpc) is 2.55. The predicted molar refractivity (Wildman–Crippen MR) is 62.6 cm³/mol. The maximum Gasteiger partial charge on any atom is 0.436 e. The second kappa shape index (κ2) is 4.57. The Kier molecular flexibility index (Phi) is 3.36. The van der Waals surface area contributed by atoms with Gasteiger partial charge in [-0.3, -0.25) is 4.68 Å². The first-order chi connectivity index (χ1) is 8.71. The Morgan fingerprint density at radius 2 is 1.95 bits per heavy atom. The smallest absolute Gasteiger partial charge is 0.436 e. The molecule has 2 aromatic rings. The summed E-state index contributed by atoms with van der Waals surface area (Å²) in [4.78, 5) is 0. The van der Waals surface area contributed by atoms with Crippen molar-refractivity contribution in [1.29, 1.82) is 0 Å². The van der Waals surface area contributed by atoms with Crippen molar-refractivity contribution in [2.45, 2.75) is 6.18 Å². The van der Waals surface area contributed by atoms with Gasteiger partial charge < -0.3 is 5.21 Å². The maximum atomic E-state index is 12.7. The molecule has 0 bridgehead atoms. The molecule has 2 aromatic heterocycles. The molecule has 0 atom stereocenters. The summed E-state index contributed by atoms with van der Waals surface area (Å²) < 4.78 is 39.2. The topological polar surface area (TPSA) is 44.8 Å². The number of halogens is 5. The quantitative estimate of drug-likeness (QED) is 0.600. The summed E-state index contributed by atoms with van der Waals surface area (Å²) in [6.45, 7) is 0. The lowest BCUT2D eigenvalue weighted by atomic mass is 10.2. The summed E-state index contributed by atoms with van der Waals surface area (Å²) in [7, 11) is 1.27. The van der Waals surface area contributed by atoms with Gasteiger partial charge in [0, 0.05) is 13.1 Å². The molecule has 0 aliphatic rings. The van der Waals surface area contributed by atoms with E-state index < -0.39 is 16.9 Å². The van der Waals surface area contributed by atoms with Crippen molar-refractivity contribution in [3.63, 3.8) is 0 Å². The molecule has 0 N–H and O–H groups in total. The van der Waals surface area contributed by atoms with Crippen molar-refractivity contribution in [2.75, 3.05) is 0 Å². The standard InChI is InChI=1S/C10H6Cl2F3N3O/c1-17-8(6-3-2-5(11)4-18(6)19)7(12)9(16-17)10(13,14)15/h2-4H,1H3. The molecule has 2 rings (SSSR count). The third-order valence-electron chi connectivity index (χ3n) is 2.38.